The average molecular weight is 277 g/mol. The van der Waals surface area contributed by atoms with Crippen molar-refractivity contribution >= 4 is 11.7 Å². The third-order valence-electron chi connectivity index (χ3n) is 2.83. The van der Waals surface area contributed by atoms with Gasteiger partial charge in [-0.3, -0.25) is 4.79 Å². The molecule has 0 saturated carbocycles. The van der Waals surface area contributed by atoms with Crippen LogP contribution in [0.1, 0.15) is 28.9 Å². The van der Waals surface area contributed by atoms with Gasteiger partial charge in [0.25, 0.3) is 5.91 Å². The molecule has 0 aliphatic carbocycles. The molecule has 0 spiro atoms. The highest BCUT2D eigenvalue weighted by Gasteiger charge is 2.15. The van der Waals surface area contributed by atoms with Crippen molar-refractivity contribution in [1.82, 2.24) is 10.3 Å². The Bertz CT molecular complexity index is 646. The number of anilines is 1. The van der Waals surface area contributed by atoms with Gasteiger partial charge in [0.05, 0.1) is 17.8 Å². The first-order chi connectivity index (χ1) is 9.47. The summed E-state index contributed by atoms with van der Waals surface area (Å²) in [6, 6.07) is 6.42. The first kappa shape index (κ1) is 13.9. The van der Waals surface area contributed by atoms with Crippen LogP contribution >= 0.6 is 0 Å². The SMILES string of the molecule is CC(NC(=O)c1cc(F)cnc1N)c1cccc(F)c1. The van der Waals surface area contributed by atoms with Crippen molar-refractivity contribution < 1.29 is 13.6 Å². The summed E-state index contributed by atoms with van der Waals surface area (Å²) in [5.74, 6) is -1.67. The fraction of sp³-hybridized carbons (Fsp3) is 0.143. The van der Waals surface area contributed by atoms with Gasteiger partial charge in [-0.2, -0.15) is 0 Å². The van der Waals surface area contributed by atoms with Crippen LogP contribution in [-0.2, 0) is 0 Å². The molecule has 4 nitrogen and oxygen atoms in total. The fourth-order valence-corrected chi connectivity index (χ4v) is 1.77. The Balaban J connectivity index is 2.17. The van der Waals surface area contributed by atoms with Crippen molar-refractivity contribution in [2.75, 3.05) is 5.73 Å². The van der Waals surface area contributed by atoms with Crippen molar-refractivity contribution in [3.05, 3.63) is 59.3 Å². The molecule has 1 unspecified atom stereocenters. The van der Waals surface area contributed by atoms with Crippen molar-refractivity contribution in [1.29, 1.82) is 0 Å². The molecule has 3 N–H and O–H groups in total. The lowest BCUT2D eigenvalue weighted by Gasteiger charge is -2.15. The minimum Gasteiger partial charge on any atom is -0.383 e. The second kappa shape index (κ2) is 5.64. The van der Waals surface area contributed by atoms with Crippen LogP contribution in [0.25, 0.3) is 0 Å². The lowest BCUT2D eigenvalue weighted by molar-refractivity contribution is 0.0940. The predicted octanol–water partition coefficient (Wildman–Crippen LogP) is 2.43. The Kier molecular flexibility index (Phi) is 3.93. The highest BCUT2D eigenvalue weighted by molar-refractivity contribution is 5.98. The smallest absolute Gasteiger partial charge is 0.255 e. The number of hydrogen-bond donors (Lipinski definition) is 2. The lowest BCUT2D eigenvalue weighted by atomic mass is 10.1. The monoisotopic (exact) mass is 277 g/mol. The van der Waals surface area contributed by atoms with Crippen LogP contribution in [-0.4, -0.2) is 10.9 Å². The summed E-state index contributed by atoms with van der Waals surface area (Å²) in [7, 11) is 0. The molecule has 1 atom stereocenters. The van der Waals surface area contributed by atoms with Gasteiger partial charge < -0.3 is 11.1 Å². The number of nitrogen functional groups attached to an aromatic ring is 1. The van der Waals surface area contributed by atoms with Gasteiger partial charge in [-0.15, -0.1) is 0 Å². The highest BCUT2D eigenvalue weighted by Crippen LogP contribution is 2.16. The zero-order valence-corrected chi connectivity index (χ0v) is 10.7. The van der Waals surface area contributed by atoms with Gasteiger partial charge in [-0.25, -0.2) is 13.8 Å². The number of aromatic nitrogens is 1. The Labute approximate surface area is 114 Å². The number of nitrogens with one attached hydrogen (secondary N) is 1. The van der Waals surface area contributed by atoms with Crippen molar-refractivity contribution in [2.24, 2.45) is 0 Å². The number of carbonyl (C=O) groups excluding carboxylic acids is 1. The van der Waals surface area contributed by atoms with Gasteiger partial charge in [0.1, 0.15) is 17.5 Å². The number of hydrogen-bond acceptors (Lipinski definition) is 3. The number of benzene rings is 1. The molecule has 1 aromatic carbocycles. The predicted molar refractivity (Wildman–Crippen MR) is 70.9 cm³/mol. The topological polar surface area (TPSA) is 68.0 Å². The summed E-state index contributed by atoms with van der Waals surface area (Å²) in [4.78, 5) is 15.6. The Morgan fingerprint density at radius 1 is 1.30 bits per heavy atom. The molecule has 0 radical (unpaired) electrons. The molecule has 0 aliphatic heterocycles. The maximum atomic E-state index is 13.1. The van der Waals surface area contributed by atoms with E-state index < -0.39 is 23.6 Å². The van der Waals surface area contributed by atoms with Gasteiger partial charge in [-0.1, -0.05) is 12.1 Å². The number of amides is 1. The number of nitrogens with zero attached hydrogens (tertiary/aromatic N) is 1. The van der Waals surface area contributed by atoms with E-state index in [4.69, 9.17) is 5.73 Å². The average Bonchev–Trinajstić information content (AvgIpc) is 2.41. The van der Waals surface area contributed by atoms with Crippen LogP contribution in [0.3, 0.4) is 0 Å². The van der Waals surface area contributed by atoms with E-state index in [-0.39, 0.29) is 11.4 Å². The summed E-state index contributed by atoms with van der Waals surface area (Å²) in [6.07, 6.45) is 0.933. The molecule has 20 heavy (non-hydrogen) atoms. The summed E-state index contributed by atoms with van der Waals surface area (Å²) < 4.78 is 26.2. The van der Waals surface area contributed by atoms with Crippen molar-refractivity contribution in [3.63, 3.8) is 0 Å². The molecule has 104 valence electrons. The molecule has 0 aliphatic rings. The maximum Gasteiger partial charge on any atom is 0.255 e. The van der Waals surface area contributed by atoms with Crippen molar-refractivity contribution in [3.8, 4) is 0 Å². The normalized spacial score (nSPS) is 11.9. The van der Waals surface area contributed by atoms with Gasteiger partial charge in [-0.05, 0) is 30.7 Å². The third kappa shape index (κ3) is 3.09. The molecular formula is C14H13F2N3O. The molecule has 1 amide bonds. The zero-order valence-electron chi connectivity index (χ0n) is 10.7. The zero-order chi connectivity index (χ0) is 14.7. The van der Waals surface area contributed by atoms with Gasteiger partial charge >= 0.3 is 0 Å². The molecule has 2 aromatic rings. The van der Waals surface area contributed by atoms with Crippen LogP contribution in [0.2, 0.25) is 0 Å². The lowest BCUT2D eigenvalue weighted by Crippen LogP contribution is -2.27. The number of pyridine rings is 1. The van der Waals surface area contributed by atoms with Gasteiger partial charge in [0, 0.05) is 0 Å². The van der Waals surface area contributed by atoms with E-state index in [0.29, 0.717) is 5.56 Å². The van der Waals surface area contributed by atoms with Crippen LogP contribution in [0.4, 0.5) is 14.6 Å². The summed E-state index contributed by atoms with van der Waals surface area (Å²) in [5.41, 5.74) is 6.08. The van der Waals surface area contributed by atoms with E-state index >= 15 is 0 Å². The third-order valence-corrected chi connectivity index (χ3v) is 2.83. The van der Waals surface area contributed by atoms with Crippen LogP contribution in [0, 0.1) is 11.6 Å². The standard InChI is InChI=1S/C14H13F2N3O/c1-8(9-3-2-4-10(15)5-9)19-14(20)12-6-11(16)7-18-13(12)17/h2-8H,1H3,(H2,17,18)(H,19,20). The molecule has 0 fully saturated rings. The molecular weight excluding hydrogens is 264 g/mol. The van der Waals surface area contributed by atoms with E-state index in [1.165, 1.54) is 12.1 Å². The molecule has 0 bridgehead atoms. The van der Waals surface area contributed by atoms with Gasteiger partial charge in [0.15, 0.2) is 0 Å². The Hall–Kier alpha value is -2.50. The molecule has 2 rings (SSSR count). The second-order valence-corrected chi connectivity index (χ2v) is 4.34. The Morgan fingerprint density at radius 2 is 2.05 bits per heavy atom. The minimum absolute atomic E-state index is 0.0479. The molecule has 1 heterocycles. The highest BCUT2D eigenvalue weighted by atomic mass is 19.1. The van der Waals surface area contributed by atoms with E-state index in [9.17, 15) is 13.6 Å². The maximum absolute atomic E-state index is 13.1. The Morgan fingerprint density at radius 3 is 2.75 bits per heavy atom. The van der Waals surface area contributed by atoms with E-state index in [1.807, 2.05) is 0 Å². The molecule has 0 saturated heterocycles. The van der Waals surface area contributed by atoms with Crippen molar-refractivity contribution in [2.45, 2.75) is 13.0 Å². The second-order valence-electron chi connectivity index (χ2n) is 4.34. The fourth-order valence-electron chi connectivity index (χ4n) is 1.77. The number of carbonyl (C=O) groups is 1. The van der Waals surface area contributed by atoms with Crippen LogP contribution < -0.4 is 11.1 Å². The van der Waals surface area contributed by atoms with Crippen LogP contribution in [0.15, 0.2) is 36.5 Å². The summed E-state index contributed by atoms with van der Waals surface area (Å²) >= 11 is 0. The largest absolute Gasteiger partial charge is 0.383 e. The van der Waals surface area contributed by atoms with E-state index in [1.54, 1.807) is 19.1 Å². The van der Waals surface area contributed by atoms with E-state index in [2.05, 4.69) is 10.3 Å². The number of nitrogens with two attached hydrogens (primary N) is 1. The summed E-state index contributed by atoms with van der Waals surface area (Å²) in [6.45, 7) is 1.69. The van der Waals surface area contributed by atoms with Crippen LogP contribution in [0.5, 0.6) is 0 Å². The number of halogens is 2. The molecule has 1 aromatic heterocycles. The summed E-state index contributed by atoms with van der Waals surface area (Å²) in [5, 5.41) is 2.62. The number of rotatable bonds is 3. The first-order valence-electron chi connectivity index (χ1n) is 5.94. The first-order valence-corrected chi connectivity index (χ1v) is 5.94. The minimum atomic E-state index is -0.650. The molecule has 6 heteroatoms. The van der Waals surface area contributed by atoms with Gasteiger partial charge in [0.2, 0.25) is 0 Å². The quantitative estimate of drug-likeness (QED) is 0.905. The van der Waals surface area contributed by atoms with E-state index in [0.717, 1.165) is 12.3 Å².